The number of rotatable bonds is 12. The Balaban J connectivity index is 4.16. The van der Waals surface area contributed by atoms with Crippen molar-refractivity contribution in [1.29, 1.82) is 0 Å². The molecule has 4 heteroatoms. The van der Waals surface area contributed by atoms with Gasteiger partial charge in [-0.3, -0.25) is 9.59 Å². The lowest BCUT2D eigenvalue weighted by Gasteiger charge is -2.26. The van der Waals surface area contributed by atoms with Crippen molar-refractivity contribution in [2.45, 2.75) is 91.6 Å². The highest BCUT2D eigenvalue weighted by Gasteiger charge is 2.44. The van der Waals surface area contributed by atoms with Crippen LogP contribution in [0.2, 0.25) is 0 Å². The van der Waals surface area contributed by atoms with Gasteiger partial charge in [0.05, 0.1) is 6.10 Å². The van der Waals surface area contributed by atoms with E-state index in [0.29, 0.717) is 0 Å². The van der Waals surface area contributed by atoms with Crippen LogP contribution in [0.25, 0.3) is 0 Å². The van der Waals surface area contributed by atoms with Crippen LogP contribution in [-0.4, -0.2) is 23.1 Å². The summed E-state index contributed by atoms with van der Waals surface area (Å²) < 4.78 is 5.37. The van der Waals surface area contributed by atoms with Crippen LogP contribution in [0.5, 0.6) is 0 Å². The van der Waals surface area contributed by atoms with E-state index in [9.17, 15) is 14.7 Å². The Bertz CT molecular complexity index is 308. The number of unbranched alkanes of at least 4 members (excludes halogenated alkanes) is 5. The van der Waals surface area contributed by atoms with E-state index in [-0.39, 0.29) is 18.9 Å². The van der Waals surface area contributed by atoms with Gasteiger partial charge in [-0.1, -0.05) is 52.9 Å². The third-order valence-electron chi connectivity index (χ3n) is 4.28. The standard InChI is InChI=1S/C17H32O4/c1-5-8-9-10-11-12-13-14(4)21-16(20)17(6-2,7-3)15(18)19/h14H,5-13H2,1-4H3,(H,18,19). The first kappa shape index (κ1) is 19.9. The minimum Gasteiger partial charge on any atom is -0.480 e. The second-order valence-corrected chi connectivity index (χ2v) is 5.87. The molecular formula is C17H32O4. The number of aliphatic carboxylic acids is 1. The van der Waals surface area contributed by atoms with E-state index in [2.05, 4.69) is 6.92 Å². The van der Waals surface area contributed by atoms with Crippen molar-refractivity contribution in [2.75, 3.05) is 0 Å². The van der Waals surface area contributed by atoms with Gasteiger partial charge in [0, 0.05) is 0 Å². The van der Waals surface area contributed by atoms with E-state index in [1.807, 2.05) is 6.92 Å². The number of carbonyl (C=O) groups is 2. The largest absolute Gasteiger partial charge is 0.480 e. The third kappa shape index (κ3) is 6.49. The molecule has 0 fully saturated rings. The Morgan fingerprint density at radius 2 is 1.52 bits per heavy atom. The summed E-state index contributed by atoms with van der Waals surface area (Å²) in [6.45, 7) is 7.48. The monoisotopic (exact) mass is 300 g/mol. The molecule has 0 aromatic carbocycles. The second kappa shape index (κ2) is 10.6. The number of carboxylic acids is 1. The fourth-order valence-corrected chi connectivity index (χ4v) is 2.50. The topological polar surface area (TPSA) is 63.6 Å². The van der Waals surface area contributed by atoms with Crippen LogP contribution in [0, 0.1) is 5.41 Å². The van der Waals surface area contributed by atoms with Gasteiger partial charge in [0.1, 0.15) is 0 Å². The fourth-order valence-electron chi connectivity index (χ4n) is 2.50. The highest BCUT2D eigenvalue weighted by molar-refractivity contribution is 5.99. The molecule has 21 heavy (non-hydrogen) atoms. The molecule has 0 heterocycles. The Kier molecular flexibility index (Phi) is 10.1. The number of ether oxygens (including phenoxy) is 1. The summed E-state index contributed by atoms with van der Waals surface area (Å²) in [5, 5.41) is 9.30. The molecule has 0 aliphatic rings. The Morgan fingerprint density at radius 1 is 1.00 bits per heavy atom. The highest BCUT2D eigenvalue weighted by atomic mass is 16.5. The summed E-state index contributed by atoms with van der Waals surface area (Å²) in [6.07, 6.45) is 8.29. The average Bonchev–Trinajstić information content (AvgIpc) is 2.44. The van der Waals surface area contributed by atoms with Crippen molar-refractivity contribution < 1.29 is 19.4 Å². The van der Waals surface area contributed by atoms with Gasteiger partial charge in [0.2, 0.25) is 0 Å². The Labute approximate surface area is 129 Å². The SMILES string of the molecule is CCCCCCCCC(C)OC(=O)C(CC)(CC)C(=O)O. The number of carboxylic acid groups (broad SMARTS) is 1. The van der Waals surface area contributed by atoms with Gasteiger partial charge in [0.25, 0.3) is 0 Å². The summed E-state index contributed by atoms with van der Waals surface area (Å²) >= 11 is 0. The number of carbonyl (C=O) groups excluding carboxylic acids is 1. The maximum atomic E-state index is 12.2. The van der Waals surface area contributed by atoms with E-state index in [0.717, 1.165) is 19.3 Å². The molecule has 124 valence electrons. The summed E-state index contributed by atoms with van der Waals surface area (Å²) in [5.74, 6) is -1.66. The molecule has 0 spiro atoms. The first-order chi connectivity index (χ1) is 9.94. The number of hydrogen-bond donors (Lipinski definition) is 1. The Hall–Kier alpha value is -1.06. The van der Waals surface area contributed by atoms with Crippen LogP contribution in [0.1, 0.15) is 85.5 Å². The van der Waals surface area contributed by atoms with Gasteiger partial charge >= 0.3 is 11.9 Å². The molecule has 0 aliphatic carbocycles. The summed E-state index contributed by atoms with van der Waals surface area (Å²) in [5.41, 5.74) is -1.38. The van der Waals surface area contributed by atoms with Crippen molar-refractivity contribution in [3.8, 4) is 0 Å². The molecule has 1 unspecified atom stereocenters. The average molecular weight is 300 g/mol. The zero-order valence-electron chi connectivity index (χ0n) is 14.1. The lowest BCUT2D eigenvalue weighted by molar-refractivity contribution is -0.173. The van der Waals surface area contributed by atoms with Crippen LogP contribution in [0.3, 0.4) is 0 Å². The van der Waals surface area contributed by atoms with Gasteiger partial charge in [-0.15, -0.1) is 0 Å². The lowest BCUT2D eigenvalue weighted by atomic mass is 9.82. The van der Waals surface area contributed by atoms with Crippen LogP contribution >= 0.6 is 0 Å². The smallest absolute Gasteiger partial charge is 0.323 e. The molecule has 4 nitrogen and oxygen atoms in total. The molecule has 0 aromatic heterocycles. The molecule has 0 aliphatic heterocycles. The molecule has 0 rings (SSSR count). The molecule has 0 saturated carbocycles. The number of hydrogen-bond acceptors (Lipinski definition) is 3. The van der Waals surface area contributed by atoms with Gasteiger partial charge < -0.3 is 9.84 Å². The maximum absolute atomic E-state index is 12.2. The van der Waals surface area contributed by atoms with E-state index in [1.54, 1.807) is 13.8 Å². The summed E-state index contributed by atoms with van der Waals surface area (Å²) in [7, 11) is 0. The third-order valence-corrected chi connectivity index (χ3v) is 4.28. The molecule has 0 bridgehead atoms. The number of esters is 1. The predicted octanol–water partition coefficient (Wildman–Crippen LogP) is 4.56. The summed E-state index contributed by atoms with van der Waals surface area (Å²) in [4.78, 5) is 23.5. The van der Waals surface area contributed by atoms with Crippen molar-refractivity contribution in [3.63, 3.8) is 0 Å². The normalized spacial score (nSPS) is 13.0. The van der Waals surface area contributed by atoms with E-state index in [1.165, 1.54) is 25.7 Å². The molecule has 0 amide bonds. The zero-order valence-corrected chi connectivity index (χ0v) is 14.1. The van der Waals surface area contributed by atoms with Crippen LogP contribution < -0.4 is 0 Å². The molecule has 0 radical (unpaired) electrons. The minimum atomic E-state index is -1.38. The van der Waals surface area contributed by atoms with Crippen molar-refractivity contribution in [3.05, 3.63) is 0 Å². The Morgan fingerprint density at radius 3 is 2.00 bits per heavy atom. The molecule has 0 saturated heterocycles. The highest BCUT2D eigenvalue weighted by Crippen LogP contribution is 2.29. The van der Waals surface area contributed by atoms with E-state index >= 15 is 0 Å². The lowest BCUT2D eigenvalue weighted by Crippen LogP contribution is -2.41. The molecule has 0 aromatic rings. The maximum Gasteiger partial charge on any atom is 0.323 e. The molecule has 1 N–H and O–H groups in total. The van der Waals surface area contributed by atoms with Gasteiger partial charge in [0.15, 0.2) is 5.41 Å². The van der Waals surface area contributed by atoms with Gasteiger partial charge in [-0.05, 0) is 32.6 Å². The first-order valence-electron chi connectivity index (χ1n) is 8.39. The quantitative estimate of drug-likeness (QED) is 0.326. The van der Waals surface area contributed by atoms with Crippen LogP contribution in [-0.2, 0) is 14.3 Å². The van der Waals surface area contributed by atoms with Gasteiger partial charge in [-0.25, -0.2) is 0 Å². The molecular weight excluding hydrogens is 268 g/mol. The minimum absolute atomic E-state index is 0.208. The van der Waals surface area contributed by atoms with Crippen molar-refractivity contribution >= 4 is 11.9 Å². The predicted molar refractivity (Wildman–Crippen MR) is 84.2 cm³/mol. The fraction of sp³-hybridized carbons (Fsp3) is 0.882. The van der Waals surface area contributed by atoms with Crippen LogP contribution in [0.4, 0.5) is 0 Å². The van der Waals surface area contributed by atoms with Gasteiger partial charge in [-0.2, -0.15) is 0 Å². The first-order valence-corrected chi connectivity index (χ1v) is 8.39. The molecule has 1 atom stereocenters. The van der Waals surface area contributed by atoms with E-state index < -0.39 is 17.4 Å². The summed E-state index contributed by atoms with van der Waals surface area (Å²) in [6, 6.07) is 0. The van der Waals surface area contributed by atoms with Crippen molar-refractivity contribution in [1.82, 2.24) is 0 Å². The van der Waals surface area contributed by atoms with Crippen molar-refractivity contribution in [2.24, 2.45) is 5.41 Å². The zero-order chi connectivity index (χ0) is 16.3. The van der Waals surface area contributed by atoms with E-state index in [4.69, 9.17) is 4.74 Å². The second-order valence-electron chi connectivity index (χ2n) is 5.87. The van der Waals surface area contributed by atoms with Crippen LogP contribution in [0.15, 0.2) is 0 Å².